The Hall–Kier alpha value is -1.27. The summed E-state index contributed by atoms with van der Waals surface area (Å²) >= 11 is 0. The molecular weight excluding hydrogens is 248 g/mol. The largest absolute Gasteiger partial charge is 0.396 e. The number of ether oxygens (including phenoxy) is 3. The van der Waals surface area contributed by atoms with Crippen LogP contribution in [-0.4, -0.2) is 45.0 Å². The Labute approximate surface area is 113 Å². The molecular formula is C14H18O5. The first-order valence-corrected chi connectivity index (χ1v) is 6.17. The lowest BCUT2D eigenvalue weighted by Crippen LogP contribution is -2.34. The lowest BCUT2D eigenvalue weighted by atomic mass is 10.0. The van der Waals surface area contributed by atoms with Crippen LogP contribution >= 0.6 is 0 Å². The van der Waals surface area contributed by atoms with E-state index in [0.717, 1.165) is 5.56 Å². The number of hydrogen-bond donors (Lipinski definition) is 1. The average Bonchev–Trinajstić information content (AvgIpc) is 2.84. The van der Waals surface area contributed by atoms with Gasteiger partial charge in [-0.3, -0.25) is 0 Å². The molecule has 1 aliphatic heterocycles. The first-order valence-electron chi connectivity index (χ1n) is 6.58. The van der Waals surface area contributed by atoms with E-state index in [1.165, 1.54) is 7.11 Å². The van der Waals surface area contributed by atoms with Crippen molar-refractivity contribution >= 4 is 6.29 Å². The monoisotopic (exact) mass is 267 g/mol. The van der Waals surface area contributed by atoms with E-state index in [1.54, 1.807) is 0 Å². The second kappa shape index (κ2) is 6.77. The van der Waals surface area contributed by atoms with Crippen LogP contribution in [0.25, 0.3) is 0 Å². The summed E-state index contributed by atoms with van der Waals surface area (Å²) in [5, 5.41) is 4.43. The zero-order valence-electron chi connectivity index (χ0n) is 11.7. The second-order valence-corrected chi connectivity index (χ2v) is 4.43. The minimum atomic E-state index is -0.705. The van der Waals surface area contributed by atoms with Gasteiger partial charge in [0.05, 0.1) is 19.1 Å². The number of carbonyl (C=O) groups excluding carboxylic acids is 1. The van der Waals surface area contributed by atoms with Gasteiger partial charge >= 0.3 is 0 Å². The summed E-state index contributed by atoms with van der Waals surface area (Å²) in [6, 6.07) is 9.64. The fourth-order valence-electron chi connectivity index (χ4n) is 2.23. The van der Waals surface area contributed by atoms with Gasteiger partial charge in [-0.2, -0.15) is 0 Å². The minimum absolute atomic E-state index is 0.0856. The molecule has 0 bridgehead atoms. The average molecular weight is 267 g/mol. The van der Waals surface area contributed by atoms with Crippen LogP contribution in [0.15, 0.2) is 30.3 Å². The molecule has 1 aliphatic rings. The lowest BCUT2D eigenvalue weighted by molar-refractivity contribution is -0.146. The molecule has 1 saturated heterocycles. The number of carbonyl (C=O) groups is 1. The summed E-state index contributed by atoms with van der Waals surface area (Å²) in [4.78, 5) is 11.1. The SMILES string of the molecule is [2H]OCC1[C@@H](OC)O[C@H](C=O)[C@@H]1OCc1ccccc1. The maximum Gasteiger partial charge on any atom is 0.210 e. The molecule has 0 aromatic heterocycles. The van der Waals surface area contributed by atoms with Gasteiger partial charge in [0.1, 0.15) is 12.2 Å². The van der Waals surface area contributed by atoms with Crippen LogP contribution < -0.4 is 0 Å². The van der Waals surface area contributed by atoms with Crippen LogP contribution in [0.1, 0.15) is 5.56 Å². The number of hydrogen-bond acceptors (Lipinski definition) is 5. The van der Waals surface area contributed by atoms with E-state index >= 15 is 0 Å². The highest BCUT2D eigenvalue weighted by molar-refractivity contribution is 5.58. The summed E-state index contributed by atoms with van der Waals surface area (Å²) in [5.74, 6) is -0.309. The highest BCUT2D eigenvalue weighted by Gasteiger charge is 2.45. The predicted octanol–water partition coefficient (Wildman–Crippen LogP) is 0.750. The van der Waals surface area contributed by atoms with E-state index in [0.29, 0.717) is 12.9 Å². The molecule has 104 valence electrons. The van der Waals surface area contributed by atoms with Crippen molar-refractivity contribution in [3.8, 4) is 0 Å². The molecule has 1 aromatic rings. The van der Waals surface area contributed by atoms with Crippen LogP contribution in [-0.2, 0) is 25.6 Å². The molecule has 2 rings (SSSR count). The summed E-state index contributed by atoms with van der Waals surface area (Å²) in [6.07, 6.45) is -1.09. The Morgan fingerprint density at radius 2 is 2.26 bits per heavy atom. The summed E-state index contributed by atoms with van der Waals surface area (Å²) in [7, 11) is 1.49. The van der Waals surface area contributed by atoms with Gasteiger partial charge in [0.2, 0.25) is 1.43 Å². The first kappa shape index (κ1) is 12.7. The molecule has 1 heterocycles. The van der Waals surface area contributed by atoms with Crippen LogP contribution in [0, 0.1) is 5.92 Å². The number of aliphatic hydroxyl groups is 1. The highest BCUT2D eigenvalue weighted by Crippen LogP contribution is 2.29. The predicted molar refractivity (Wildman–Crippen MR) is 67.3 cm³/mol. The van der Waals surface area contributed by atoms with Crippen molar-refractivity contribution in [1.82, 2.24) is 0 Å². The molecule has 0 aliphatic carbocycles. The molecule has 0 amide bonds. The van der Waals surface area contributed by atoms with Gasteiger partial charge < -0.3 is 24.1 Å². The molecule has 5 heteroatoms. The topological polar surface area (TPSA) is 65.0 Å². The molecule has 1 aromatic carbocycles. The fraction of sp³-hybridized carbons (Fsp3) is 0.500. The number of aliphatic hydroxyl groups excluding tert-OH is 1. The van der Waals surface area contributed by atoms with E-state index in [4.69, 9.17) is 15.6 Å². The molecule has 4 atom stereocenters. The maximum absolute atomic E-state index is 11.1. The van der Waals surface area contributed by atoms with Gasteiger partial charge in [-0.25, -0.2) is 0 Å². The van der Waals surface area contributed by atoms with E-state index in [-0.39, 0.29) is 12.5 Å². The van der Waals surface area contributed by atoms with Crippen molar-refractivity contribution in [1.29, 1.82) is 1.43 Å². The highest BCUT2D eigenvalue weighted by atomic mass is 16.7. The zero-order valence-corrected chi connectivity index (χ0v) is 10.7. The van der Waals surface area contributed by atoms with E-state index in [2.05, 4.69) is 5.11 Å². The Morgan fingerprint density at radius 1 is 1.47 bits per heavy atom. The number of benzene rings is 1. The molecule has 0 radical (unpaired) electrons. The molecule has 19 heavy (non-hydrogen) atoms. The van der Waals surface area contributed by atoms with Crippen molar-refractivity contribution in [2.45, 2.75) is 25.1 Å². The molecule has 1 N–H and O–H groups in total. The summed E-state index contributed by atoms with van der Waals surface area (Å²) in [5.41, 5.74) is 1.00. The number of rotatable bonds is 7. The maximum atomic E-state index is 11.1. The van der Waals surface area contributed by atoms with Gasteiger partial charge in [-0.05, 0) is 5.56 Å². The van der Waals surface area contributed by atoms with Crippen molar-refractivity contribution in [3.63, 3.8) is 0 Å². The number of aldehydes is 1. The minimum Gasteiger partial charge on any atom is -0.396 e. The first-order chi connectivity index (χ1) is 9.80. The Bertz CT molecular complexity index is 413. The van der Waals surface area contributed by atoms with E-state index < -0.39 is 18.5 Å². The smallest absolute Gasteiger partial charge is 0.210 e. The van der Waals surface area contributed by atoms with Crippen LogP contribution in [0.4, 0.5) is 0 Å². The summed E-state index contributed by atoms with van der Waals surface area (Å²) < 4.78 is 23.3. The molecule has 0 saturated carbocycles. The Kier molecular flexibility index (Phi) is 4.54. The Morgan fingerprint density at radius 3 is 2.89 bits per heavy atom. The second-order valence-electron chi connectivity index (χ2n) is 4.43. The zero-order chi connectivity index (χ0) is 14.4. The molecule has 5 nitrogen and oxygen atoms in total. The van der Waals surface area contributed by atoms with E-state index in [1.807, 2.05) is 30.3 Å². The van der Waals surface area contributed by atoms with Gasteiger partial charge in [0.25, 0.3) is 0 Å². The van der Waals surface area contributed by atoms with Crippen molar-refractivity contribution in [2.75, 3.05) is 13.7 Å². The van der Waals surface area contributed by atoms with Crippen LogP contribution in [0.3, 0.4) is 0 Å². The van der Waals surface area contributed by atoms with Gasteiger partial charge in [-0.1, -0.05) is 30.3 Å². The van der Waals surface area contributed by atoms with Gasteiger partial charge in [0, 0.05) is 7.11 Å². The normalized spacial score (nSPS) is 31.1. The molecule has 0 spiro atoms. The lowest BCUT2D eigenvalue weighted by Gasteiger charge is -2.20. The molecule has 1 unspecified atom stereocenters. The van der Waals surface area contributed by atoms with Gasteiger partial charge in [-0.15, -0.1) is 0 Å². The van der Waals surface area contributed by atoms with Crippen molar-refractivity contribution in [2.24, 2.45) is 5.92 Å². The van der Waals surface area contributed by atoms with Crippen LogP contribution in [0.2, 0.25) is 0 Å². The van der Waals surface area contributed by atoms with Crippen molar-refractivity contribution in [3.05, 3.63) is 35.9 Å². The third-order valence-electron chi connectivity index (χ3n) is 3.23. The standard InChI is InChI=1S/C14H18O5/c1-17-14-11(7-15)13(12(8-16)19-14)18-9-10-5-3-2-4-6-10/h2-6,8,11-15H,7,9H2,1H3/t11?,12-,13-,14+/m1/s1/i15D. The fourth-order valence-corrected chi connectivity index (χ4v) is 2.23. The third-order valence-corrected chi connectivity index (χ3v) is 3.23. The third kappa shape index (κ3) is 3.19. The Balaban J connectivity index is 2.03. The van der Waals surface area contributed by atoms with Gasteiger partial charge in [0.15, 0.2) is 12.6 Å². The summed E-state index contributed by atoms with van der Waals surface area (Å²) in [6.45, 7) is 0.451. The number of methoxy groups -OCH3 is 1. The van der Waals surface area contributed by atoms with Crippen molar-refractivity contribution < 1.29 is 24.1 Å². The van der Waals surface area contributed by atoms with Crippen LogP contribution in [0.5, 0.6) is 0 Å². The molecule has 1 fully saturated rings. The van der Waals surface area contributed by atoms with E-state index in [9.17, 15) is 4.79 Å². The quantitative estimate of drug-likeness (QED) is 0.739.